The Balaban J connectivity index is 4.02. The summed E-state index contributed by atoms with van der Waals surface area (Å²) in [5.74, 6) is -0.675. The molecule has 0 aromatic carbocycles. The van der Waals surface area contributed by atoms with Crippen molar-refractivity contribution in [3.05, 3.63) is 0 Å². The first kappa shape index (κ1) is 19.0. The summed E-state index contributed by atoms with van der Waals surface area (Å²) in [5.41, 5.74) is 0. The molecule has 20 heavy (non-hydrogen) atoms. The van der Waals surface area contributed by atoms with Crippen LogP contribution in [0.15, 0.2) is 0 Å². The molecule has 0 saturated carbocycles. The van der Waals surface area contributed by atoms with Gasteiger partial charge < -0.3 is 20.1 Å². The monoisotopic (exact) mass is 300 g/mol. The van der Waals surface area contributed by atoms with Crippen molar-refractivity contribution < 1.29 is 27.4 Å². The molecule has 0 bridgehead atoms. The zero-order valence-corrected chi connectivity index (χ0v) is 12.0. The molecular formula is C12H23F3N2O3. The molecule has 0 aromatic rings. The summed E-state index contributed by atoms with van der Waals surface area (Å²) in [6.07, 6.45) is -3.62. The van der Waals surface area contributed by atoms with Crippen molar-refractivity contribution in [2.75, 3.05) is 27.1 Å². The number of urea groups is 1. The second kappa shape index (κ2) is 9.82. The Morgan fingerprint density at radius 1 is 1.35 bits per heavy atom. The van der Waals surface area contributed by atoms with Crippen molar-refractivity contribution in [2.24, 2.45) is 5.92 Å². The van der Waals surface area contributed by atoms with Crippen LogP contribution in [0, 0.1) is 5.92 Å². The van der Waals surface area contributed by atoms with Crippen LogP contribution in [-0.2, 0) is 9.47 Å². The number of rotatable bonds is 9. The molecule has 0 fully saturated rings. The van der Waals surface area contributed by atoms with Crippen molar-refractivity contribution in [3.8, 4) is 0 Å². The summed E-state index contributed by atoms with van der Waals surface area (Å²) in [6, 6.07) is -2.66. The molecule has 0 rings (SSSR count). The lowest BCUT2D eigenvalue weighted by molar-refractivity contribution is -0.163. The van der Waals surface area contributed by atoms with Crippen molar-refractivity contribution in [1.82, 2.24) is 10.6 Å². The lowest BCUT2D eigenvalue weighted by Crippen LogP contribution is -2.52. The number of hydrogen-bond donors (Lipinski definition) is 2. The minimum Gasteiger partial charge on any atom is -0.359 e. The van der Waals surface area contributed by atoms with Crippen molar-refractivity contribution in [3.63, 3.8) is 0 Å². The van der Waals surface area contributed by atoms with Gasteiger partial charge in [0, 0.05) is 13.7 Å². The SMILES string of the molecule is CC[C@H](C)[C@H](NC(=O)NCCCOCOC)C(F)(F)F. The third kappa shape index (κ3) is 8.21. The van der Waals surface area contributed by atoms with Gasteiger partial charge in [-0.15, -0.1) is 0 Å². The molecule has 0 radical (unpaired) electrons. The summed E-state index contributed by atoms with van der Waals surface area (Å²) in [4.78, 5) is 11.4. The molecule has 0 heterocycles. The lowest BCUT2D eigenvalue weighted by atomic mass is 9.99. The average Bonchev–Trinajstić information content (AvgIpc) is 2.38. The largest absolute Gasteiger partial charge is 0.408 e. The maximum atomic E-state index is 12.8. The van der Waals surface area contributed by atoms with E-state index in [0.29, 0.717) is 19.4 Å². The van der Waals surface area contributed by atoms with Gasteiger partial charge >= 0.3 is 12.2 Å². The van der Waals surface area contributed by atoms with E-state index in [2.05, 4.69) is 10.1 Å². The summed E-state index contributed by atoms with van der Waals surface area (Å²) in [6.45, 7) is 3.85. The van der Waals surface area contributed by atoms with Crippen LogP contribution in [0.2, 0.25) is 0 Å². The Morgan fingerprint density at radius 2 is 2.00 bits per heavy atom. The predicted molar refractivity (Wildman–Crippen MR) is 68.3 cm³/mol. The Hall–Kier alpha value is -1.02. The number of methoxy groups -OCH3 is 1. The third-order valence-electron chi connectivity index (χ3n) is 2.80. The standard InChI is InChI=1S/C12H23F3N2O3/c1-4-9(2)10(12(13,14)15)17-11(18)16-6-5-7-20-8-19-3/h9-10H,4-8H2,1-3H3,(H2,16,17,18)/t9-,10-/m0/s1. The van der Waals surface area contributed by atoms with Crippen LogP contribution < -0.4 is 10.6 Å². The molecule has 0 spiro atoms. The van der Waals surface area contributed by atoms with E-state index in [0.717, 1.165) is 0 Å². The van der Waals surface area contributed by atoms with Crippen molar-refractivity contribution in [2.45, 2.75) is 38.9 Å². The number of carbonyl (C=O) groups excluding carboxylic acids is 1. The van der Waals surface area contributed by atoms with Gasteiger partial charge in [0.05, 0.1) is 6.61 Å². The van der Waals surface area contributed by atoms with E-state index in [1.807, 2.05) is 5.32 Å². The van der Waals surface area contributed by atoms with E-state index < -0.39 is 24.2 Å². The Bertz CT molecular complexity index is 275. The van der Waals surface area contributed by atoms with Gasteiger partial charge in [-0.2, -0.15) is 13.2 Å². The fraction of sp³-hybridized carbons (Fsp3) is 0.917. The molecule has 5 nitrogen and oxygen atoms in total. The molecule has 0 aliphatic rings. The van der Waals surface area contributed by atoms with Crippen molar-refractivity contribution in [1.29, 1.82) is 0 Å². The second-order valence-corrected chi connectivity index (χ2v) is 4.47. The van der Waals surface area contributed by atoms with E-state index in [9.17, 15) is 18.0 Å². The first-order valence-corrected chi connectivity index (χ1v) is 6.50. The van der Waals surface area contributed by atoms with Crippen LogP contribution in [0.4, 0.5) is 18.0 Å². The van der Waals surface area contributed by atoms with Gasteiger partial charge in [-0.3, -0.25) is 0 Å². The molecular weight excluding hydrogens is 277 g/mol. The molecule has 0 aliphatic heterocycles. The number of hydrogen-bond acceptors (Lipinski definition) is 3. The van der Waals surface area contributed by atoms with E-state index in [1.165, 1.54) is 14.0 Å². The fourth-order valence-electron chi connectivity index (χ4n) is 1.49. The minimum absolute atomic E-state index is 0.149. The number of alkyl halides is 3. The molecule has 2 atom stereocenters. The zero-order valence-electron chi connectivity index (χ0n) is 12.0. The summed E-state index contributed by atoms with van der Waals surface area (Å²) >= 11 is 0. The summed E-state index contributed by atoms with van der Waals surface area (Å²) in [5, 5.41) is 4.34. The molecule has 120 valence electrons. The normalized spacial score (nSPS) is 14.7. The van der Waals surface area contributed by atoms with Gasteiger partial charge in [0.1, 0.15) is 12.8 Å². The second-order valence-electron chi connectivity index (χ2n) is 4.47. The third-order valence-corrected chi connectivity index (χ3v) is 2.80. The molecule has 0 saturated heterocycles. The van der Waals surface area contributed by atoms with Gasteiger partial charge in [-0.05, 0) is 12.3 Å². The Labute approximate surface area is 117 Å². The number of halogens is 3. The number of carbonyl (C=O) groups is 1. The maximum Gasteiger partial charge on any atom is 0.408 e. The van der Waals surface area contributed by atoms with E-state index in [-0.39, 0.29) is 13.3 Å². The van der Waals surface area contributed by atoms with Gasteiger partial charge in [0.25, 0.3) is 0 Å². The summed E-state index contributed by atoms with van der Waals surface area (Å²) < 4.78 is 47.9. The van der Waals surface area contributed by atoms with Crippen LogP contribution in [-0.4, -0.2) is 45.3 Å². The number of amides is 2. The highest BCUT2D eigenvalue weighted by molar-refractivity contribution is 5.74. The highest BCUT2D eigenvalue weighted by Crippen LogP contribution is 2.27. The Morgan fingerprint density at radius 3 is 2.50 bits per heavy atom. The highest BCUT2D eigenvalue weighted by Gasteiger charge is 2.43. The predicted octanol–water partition coefficient (Wildman–Crippen LogP) is 2.27. The Kier molecular flexibility index (Phi) is 9.32. The summed E-state index contributed by atoms with van der Waals surface area (Å²) in [7, 11) is 1.48. The van der Waals surface area contributed by atoms with E-state index in [1.54, 1.807) is 6.92 Å². The van der Waals surface area contributed by atoms with E-state index in [4.69, 9.17) is 4.74 Å². The molecule has 0 aromatic heterocycles. The molecule has 0 unspecified atom stereocenters. The quantitative estimate of drug-likeness (QED) is 0.507. The van der Waals surface area contributed by atoms with Crippen LogP contribution in [0.3, 0.4) is 0 Å². The van der Waals surface area contributed by atoms with Crippen LogP contribution >= 0.6 is 0 Å². The fourth-order valence-corrected chi connectivity index (χ4v) is 1.49. The van der Waals surface area contributed by atoms with E-state index >= 15 is 0 Å². The number of ether oxygens (including phenoxy) is 2. The molecule has 2 N–H and O–H groups in total. The average molecular weight is 300 g/mol. The van der Waals surface area contributed by atoms with Crippen LogP contribution in [0.25, 0.3) is 0 Å². The molecule has 0 aliphatic carbocycles. The van der Waals surface area contributed by atoms with Gasteiger partial charge in [0.15, 0.2) is 0 Å². The maximum absolute atomic E-state index is 12.8. The molecule has 8 heteroatoms. The minimum atomic E-state index is -4.45. The number of nitrogens with one attached hydrogen (secondary N) is 2. The molecule has 2 amide bonds. The van der Waals surface area contributed by atoms with Crippen LogP contribution in [0.1, 0.15) is 26.7 Å². The van der Waals surface area contributed by atoms with Gasteiger partial charge in [-0.1, -0.05) is 20.3 Å². The highest BCUT2D eigenvalue weighted by atomic mass is 19.4. The van der Waals surface area contributed by atoms with Gasteiger partial charge in [0.2, 0.25) is 0 Å². The lowest BCUT2D eigenvalue weighted by Gasteiger charge is -2.26. The van der Waals surface area contributed by atoms with Crippen molar-refractivity contribution >= 4 is 6.03 Å². The topological polar surface area (TPSA) is 59.6 Å². The van der Waals surface area contributed by atoms with Gasteiger partial charge in [-0.25, -0.2) is 4.79 Å². The first-order valence-electron chi connectivity index (χ1n) is 6.50. The first-order chi connectivity index (χ1) is 9.32. The smallest absolute Gasteiger partial charge is 0.359 e. The van der Waals surface area contributed by atoms with Crippen LogP contribution in [0.5, 0.6) is 0 Å². The zero-order chi connectivity index (χ0) is 15.6.